The fourth-order valence-corrected chi connectivity index (χ4v) is 18.6. The van der Waals surface area contributed by atoms with E-state index in [0.29, 0.717) is 36.5 Å². The molecule has 4 aliphatic rings. The molecule has 0 bridgehead atoms. The standard InChI is InChI=1S/C18H38N2O4Si3/c1-25(2,19-13-9-7-11-15-17(13)21-15)23-27(5,6)24-26(3,4)20-14-10-8-12-16-18(14)22-16/h13-20H,7-12H2,1-6H3. The van der Waals surface area contributed by atoms with Crippen molar-refractivity contribution in [1.29, 1.82) is 0 Å². The van der Waals surface area contributed by atoms with Crippen molar-refractivity contribution in [3.8, 4) is 0 Å². The maximum Gasteiger partial charge on any atom is 0.312 e. The van der Waals surface area contributed by atoms with Gasteiger partial charge in [0.1, 0.15) is 0 Å². The van der Waals surface area contributed by atoms with Gasteiger partial charge in [0.25, 0.3) is 17.0 Å². The van der Waals surface area contributed by atoms with Gasteiger partial charge in [-0.2, -0.15) is 0 Å². The third-order valence-corrected chi connectivity index (χ3v) is 16.3. The second-order valence-corrected chi connectivity index (χ2v) is 21.3. The molecule has 2 aliphatic carbocycles. The minimum absolute atomic E-state index is 0.421. The van der Waals surface area contributed by atoms with Crippen molar-refractivity contribution < 1.29 is 17.7 Å². The average Bonchev–Trinajstić information content (AvgIpc) is 3.38. The Labute approximate surface area is 167 Å². The van der Waals surface area contributed by atoms with Crippen LogP contribution < -0.4 is 9.96 Å². The molecule has 0 aromatic carbocycles. The summed E-state index contributed by atoms with van der Waals surface area (Å²) in [4.78, 5) is 7.69. The Morgan fingerprint density at radius 1 is 0.667 bits per heavy atom. The van der Waals surface area contributed by atoms with Crippen molar-refractivity contribution >= 4 is 25.5 Å². The summed E-state index contributed by atoms with van der Waals surface area (Å²) in [7, 11) is -6.29. The quantitative estimate of drug-likeness (QED) is 0.456. The molecule has 6 nitrogen and oxygen atoms in total. The van der Waals surface area contributed by atoms with Crippen LogP contribution in [0.1, 0.15) is 38.5 Å². The van der Waals surface area contributed by atoms with Gasteiger partial charge >= 0.3 is 8.56 Å². The summed E-state index contributed by atoms with van der Waals surface area (Å²) in [6.07, 6.45) is 9.23. The Balaban J connectivity index is 1.30. The predicted molar refractivity (Wildman–Crippen MR) is 113 cm³/mol. The van der Waals surface area contributed by atoms with Crippen LogP contribution in [-0.2, 0) is 17.7 Å². The molecule has 2 N–H and O–H groups in total. The van der Waals surface area contributed by atoms with Gasteiger partial charge in [0.2, 0.25) is 0 Å². The molecule has 9 heteroatoms. The Morgan fingerprint density at radius 3 is 1.48 bits per heavy atom. The second kappa shape index (κ2) is 7.28. The highest BCUT2D eigenvalue weighted by Crippen LogP contribution is 2.38. The van der Waals surface area contributed by atoms with Crippen LogP contribution in [0, 0.1) is 0 Å². The summed E-state index contributed by atoms with van der Waals surface area (Å²) >= 11 is 0. The minimum Gasteiger partial charge on any atom is -0.424 e. The number of rotatable bonds is 8. The third kappa shape index (κ3) is 5.32. The summed E-state index contributed by atoms with van der Waals surface area (Å²) in [6, 6.07) is 0.926. The molecule has 0 amide bonds. The summed E-state index contributed by atoms with van der Waals surface area (Å²) in [5.74, 6) is 0. The smallest absolute Gasteiger partial charge is 0.312 e. The molecular formula is C18H38N2O4Si3. The van der Waals surface area contributed by atoms with Crippen LogP contribution in [0.3, 0.4) is 0 Å². The number of epoxide rings is 2. The first-order chi connectivity index (χ1) is 12.5. The molecule has 6 unspecified atom stereocenters. The molecule has 6 atom stereocenters. The zero-order valence-corrected chi connectivity index (χ0v) is 20.8. The topological polar surface area (TPSA) is 67.6 Å². The molecule has 4 fully saturated rings. The van der Waals surface area contributed by atoms with Crippen LogP contribution in [0.2, 0.25) is 39.3 Å². The van der Waals surface area contributed by atoms with E-state index in [0.717, 1.165) is 0 Å². The van der Waals surface area contributed by atoms with Crippen molar-refractivity contribution in [2.24, 2.45) is 0 Å². The van der Waals surface area contributed by atoms with Gasteiger partial charge in [-0.1, -0.05) is 0 Å². The zero-order valence-electron chi connectivity index (χ0n) is 17.8. The highest BCUT2D eigenvalue weighted by atomic mass is 28.5. The van der Waals surface area contributed by atoms with E-state index in [1.807, 2.05) is 0 Å². The molecular weight excluding hydrogens is 392 g/mol. The van der Waals surface area contributed by atoms with E-state index in [9.17, 15) is 0 Å². The van der Waals surface area contributed by atoms with Gasteiger partial charge in [0, 0.05) is 12.1 Å². The number of nitrogens with one attached hydrogen (secondary N) is 2. The average molecular weight is 431 g/mol. The van der Waals surface area contributed by atoms with E-state index < -0.39 is 25.5 Å². The molecule has 0 radical (unpaired) electrons. The van der Waals surface area contributed by atoms with Crippen molar-refractivity contribution in [3.63, 3.8) is 0 Å². The monoisotopic (exact) mass is 430 g/mol. The lowest BCUT2D eigenvalue weighted by atomic mass is 9.96. The Hall–Kier alpha value is 0.411. The SMILES string of the molecule is C[Si](C)(NC1CCCC2OC12)O[Si](C)(C)O[Si](C)(C)NC1CCCC2OC12. The van der Waals surface area contributed by atoms with Gasteiger partial charge in [-0.15, -0.1) is 0 Å². The van der Waals surface area contributed by atoms with Crippen LogP contribution in [-0.4, -0.2) is 62.0 Å². The Bertz CT molecular complexity index is 517. The predicted octanol–water partition coefficient (Wildman–Crippen LogP) is 2.94. The van der Waals surface area contributed by atoms with Crippen LogP contribution in [0.5, 0.6) is 0 Å². The Morgan fingerprint density at radius 2 is 1.07 bits per heavy atom. The number of hydrogen-bond acceptors (Lipinski definition) is 6. The van der Waals surface area contributed by atoms with E-state index in [1.54, 1.807) is 0 Å². The van der Waals surface area contributed by atoms with Crippen molar-refractivity contribution in [2.75, 3.05) is 0 Å². The molecule has 156 valence electrons. The summed E-state index contributed by atoms with van der Waals surface area (Å²) in [5.41, 5.74) is 0. The molecule has 0 spiro atoms. The fraction of sp³-hybridized carbons (Fsp3) is 1.00. The Kier molecular flexibility index (Phi) is 5.57. The van der Waals surface area contributed by atoms with Gasteiger partial charge in [-0.25, -0.2) is 0 Å². The number of fused-ring (bicyclic) bond motifs is 2. The first kappa shape index (κ1) is 20.7. The molecule has 2 saturated heterocycles. The van der Waals surface area contributed by atoms with Gasteiger partial charge in [0.15, 0.2) is 0 Å². The largest absolute Gasteiger partial charge is 0.424 e. The summed E-state index contributed by atoms with van der Waals surface area (Å²) in [6.45, 7) is 13.5. The van der Waals surface area contributed by atoms with Crippen LogP contribution >= 0.6 is 0 Å². The zero-order chi connectivity index (χ0) is 19.4. The molecule has 2 aliphatic heterocycles. The van der Waals surface area contributed by atoms with E-state index >= 15 is 0 Å². The molecule has 0 aromatic heterocycles. The fourth-order valence-electron chi connectivity index (χ4n) is 5.40. The molecule has 4 rings (SSSR count). The van der Waals surface area contributed by atoms with Crippen molar-refractivity contribution in [3.05, 3.63) is 0 Å². The van der Waals surface area contributed by atoms with Crippen LogP contribution in [0.15, 0.2) is 0 Å². The third-order valence-electron chi connectivity index (χ3n) is 6.11. The first-order valence-electron chi connectivity index (χ1n) is 10.8. The van der Waals surface area contributed by atoms with Crippen LogP contribution in [0.4, 0.5) is 0 Å². The second-order valence-electron chi connectivity index (χ2n) is 10.3. The normalized spacial score (nSPS) is 38.9. The molecule has 2 heterocycles. The van der Waals surface area contributed by atoms with Gasteiger partial charge in [-0.3, -0.25) is 0 Å². The van der Waals surface area contributed by atoms with E-state index in [2.05, 4.69) is 49.2 Å². The maximum absolute atomic E-state index is 6.71. The number of hydrogen-bond donors (Lipinski definition) is 2. The minimum atomic E-state index is -2.24. The lowest BCUT2D eigenvalue weighted by molar-refractivity contribution is 0.323. The highest BCUT2D eigenvalue weighted by molar-refractivity contribution is 6.86. The molecule has 2 saturated carbocycles. The molecule has 0 aromatic rings. The van der Waals surface area contributed by atoms with Crippen LogP contribution in [0.25, 0.3) is 0 Å². The summed E-state index contributed by atoms with van der Waals surface area (Å²) in [5, 5.41) is 0. The van der Waals surface area contributed by atoms with Gasteiger partial charge in [-0.05, 0) is 77.8 Å². The van der Waals surface area contributed by atoms with Gasteiger partial charge in [0.05, 0.1) is 24.4 Å². The maximum atomic E-state index is 6.71. The van der Waals surface area contributed by atoms with E-state index in [4.69, 9.17) is 17.7 Å². The van der Waals surface area contributed by atoms with Crippen molar-refractivity contribution in [2.45, 2.75) is 114 Å². The lowest BCUT2D eigenvalue weighted by Gasteiger charge is -2.41. The highest BCUT2D eigenvalue weighted by Gasteiger charge is 2.51. The van der Waals surface area contributed by atoms with E-state index in [1.165, 1.54) is 38.5 Å². The number of ether oxygens (including phenoxy) is 2. The van der Waals surface area contributed by atoms with Gasteiger partial charge < -0.3 is 27.7 Å². The van der Waals surface area contributed by atoms with E-state index in [-0.39, 0.29) is 0 Å². The van der Waals surface area contributed by atoms with Crippen molar-refractivity contribution in [1.82, 2.24) is 9.96 Å². The lowest BCUT2D eigenvalue weighted by Crippen LogP contribution is -2.65. The first-order valence-corrected chi connectivity index (χ1v) is 19.4. The molecule has 27 heavy (non-hydrogen) atoms. The summed E-state index contributed by atoms with van der Waals surface area (Å²) < 4.78 is 25.0.